The summed E-state index contributed by atoms with van der Waals surface area (Å²) < 4.78 is 18.1. The number of nitrogens with one attached hydrogen (secondary N) is 1. The fraction of sp³-hybridized carbons (Fsp3) is 0.533. The summed E-state index contributed by atoms with van der Waals surface area (Å²) in [5, 5.41) is 12.6. The molecule has 1 aromatic carbocycles. The van der Waals surface area contributed by atoms with E-state index in [0.29, 0.717) is 12.3 Å². The molecule has 118 valence electrons. The van der Waals surface area contributed by atoms with Crippen LogP contribution < -0.4 is 10.1 Å². The van der Waals surface area contributed by atoms with Gasteiger partial charge in [-0.05, 0) is 45.2 Å². The van der Waals surface area contributed by atoms with Crippen LogP contribution in [0.25, 0.3) is 0 Å². The van der Waals surface area contributed by atoms with Crippen molar-refractivity contribution in [2.45, 2.75) is 26.0 Å². The largest absolute Gasteiger partial charge is 0.491 e. The van der Waals surface area contributed by atoms with Crippen molar-refractivity contribution >= 4 is 5.91 Å². The molecule has 1 amide bonds. The number of aliphatic hydroxyl groups excluding tert-OH is 1. The first-order valence-corrected chi connectivity index (χ1v) is 6.91. The molecule has 0 saturated carbocycles. The predicted octanol–water partition coefficient (Wildman–Crippen LogP) is 1.02. The normalized spacial score (nSPS) is 12.5. The molecule has 1 aromatic rings. The molecule has 0 aromatic heterocycles. The smallest absolute Gasteiger partial charge is 0.234 e. The molecule has 0 bridgehead atoms. The van der Waals surface area contributed by atoms with Crippen molar-refractivity contribution in [1.29, 1.82) is 0 Å². The number of carbonyl (C=O) groups excluding carboxylic acids is 1. The van der Waals surface area contributed by atoms with E-state index >= 15 is 0 Å². The van der Waals surface area contributed by atoms with Crippen molar-refractivity contribution in [2.75, 3.05) is 26.7 Å². The van der Waals surface area contributed by atoms with Crippen LogP contribution in [0.15, 0.2) is 24.3 Å². The van der Waals surface area contributed by atoms with Gasteiger partial charge in [-0.2, -0.15) is 0 Å². The van der Waals surface area contributed by atoms with E-state index in [1.54, 1.807) is 11.9 Å². The maximum atomic E-state index is 12.7. The first-order chi connectivity index (χ1) is 9.86. The fourth-order valence-corrected chi connectivity index (χ4v) is 1.81. The van der Waals surface area contributed by atoms with Gasteiger partial charge in [0, 0.05) is 12.6 Å². The zero-order valence-electron chi connectivity index (χ0n) is 12.7. The van der Waals surface area contributed by atoms with Crippen LogP contribution >= 0.6 is 0 Å². The number of ether oxygens (including phenoxy) is 1. The van der Waals surface area contributed by atoms with E-state index in [1.165, 1.54) is 24.3 Å². The molecule has 0 aliphatic heterocycles. The fourth-order valence-electron chi connectivity index (χ4n) is 1.81. The molecule has 0 radical (unpaired) electrons. The van der Waals surface area contributed by atoms with Crippen LogP contribution in [0, 0.1) is 5.82 Å². The number of rotatable bonds is 8. The lowest BCUT2D eigenvalue weighted by atomic mass is 10.3. The summed E-state index contributed by atoms with van der Waals surface area (Å²) in [4.78, 5) is 13.3. The summed E-state index contributed by atoms with van der Waals surface area (Å²) in [6.45, 7) is 4.40. The second-order valence-electron chi connectivity index (χ2n) is 5.34. The van der Waals surface area contributed by atoms with Crippen LogP contribution in [-0.2, 0) is 4.79 Å². The number of nitrogens with zero attached hydrogens (tertiary/aromatic N) is 1. The summed E-state index contributed by atoms with van der Waals surface area (Å²) in [6.07, 6.45) is -0.730. The van der Waals surface area contributed by atoms with Gasteiger partial charge in [0.25, 0.3) is 0 Å². The molecule has 0 unspecified atom stereocenters. The zero-order chi connectivity index (χ0) is 15.8. The Labute approximate surface area is 124 Å². The molecule has 1 atom stereocenters. The lowest BCUT2D eigenvalue weighted by Gasteiger charge is -2.21. The van der Waals surface area contributed by atoms with Gasteiger partial charge in [-0.3, -0.25) is 9.69 Å². The average molecular weight is 298 g/mol. The Morgan fingerprint density at radius 3 is 2.57 bits per heavy atom. The number of likely N-dealkylation sites (N-methyl/N-ethyl adjacent to an activating group) is 1. The van der Waals surface area contributed by atoms with Gasteiger partial charge in [0.1, 0.15) is 24.3 Å². The summed E-state index contributed by atoms with van der Waals surface area (Å²) in [5.41, 5.74) is 0. The second kappa shape index (κ2) is 8.59. The monoisotopic (exact) mass is 298 g/mol. The minimum absolute atomic E-state index is 0.0841. The highest BCUT2D eigenvalue weighted by Gasteiger charge is 2.12. The maximum Gasteiger partial charge on any atom is 0.234 e. The molecule has 0 spiro atoms. The van der Waals surface area contributed by atoms with E-state index in [1.807, 2.05) is 13.8 Å². The van der Waals surface area contributed by atoms with Crippen LogP contribution in [0.3, 0.4) is 0 Å². The minimum atomic E-state index is -0.730. The van der Waals surface area contributed by atoms with E-state index in [4.69, 9.17) is 4.74 Å². The molecule has 0 saturated heterocycles. The molecule has 1 rings (SSSR count). The minimum Gasteiger partial charge on any atom is -0.491 e. The molecule has 2 N–H and O–H groups in total. The van der Waals surface area contributed by atoms with Gasteiger partial charge in [-0.25, -0.2) is 4.39 Å². The van der Waals surface area contributed by atoms with Crippen molar-refractivity contribution in [1.82, 2.24) is 10.2 Å². The molecule has 0 aliphatic rings. The summed E-state index contributed by atoms with van der Waals surface area (Å²) in [5.74, 6) is 0.0774. The average Bonchev–Trinajstić information content (AvgIpc) is 2.36. The molecule has 0 fully saturated rings. The number of halogens is 1. The van der Waals surface area contributed by atoms with Gasteiger partial charge in [-0.15, -0.1) is 0 Å². The summed E-state index contributed by atoms with van der Waals surface area (Å²) >= 11 is 0. The molecule has 21 heavy (non-hydrogen) atoms. The Balaban J connectivity index is 2.27. The highest BCUT2D eigenvalue weighted by atomic mass is 19.1. The first-order valence-electron chi connectivity index (χ1n) is 6.91. The number of amides is 1. The molecule has 0 heterocycles. The highest BCUT2D eigenvalue weighted by molar-refractivity contribution is 5.78. The third-order valence-corrected chi connectivity index (χ3v) is 2.64. The Morgan fingerprint density at radius 1 is 1.38 bits per heavy atom. The Kier molecular flexibility index (Phi) is 7.11. The van der Waals surface area contributed by atoms with Crippen LogP contribution in [-0.4, -0.2) is 54.8 Å². The topological polar surface area (TPSA) is 61.8 Å². The van der Waals surface area contributed by atoms with E-state index in [0.717, 1.165) is 0 Å². The Bertz CT molecular complexity index is 437. The molecule has 0 aliphatic carbocycles. The zero-order valence-corrected chi connectivity index (χ0v) is 12.7. The van der Waals surface area contributed by atoms with Crippen LogP contribution in [0.2, 0.25) is 0 Å². The van der Waals surface area contributed by atoms with Gasteiger partial charge >= 0.3 is 0 Å². The summed E-state index contributed by atoms with van der Waals surface area (Å²) in [6, 6.07) is 5.69. The first kappa shape index (κ1) is 17.4. The van der Waals surface area contributed by atoms with Crippen molar-refractivity contribution in [3.8, 4) is 5.75 Å². The lowest BCUT2D eigenvalue weighted by molar-refractivity contribution is -0.122. The van der Waals surface area contributed by atoms with E-state index < -0.39 is 6.10 Å². The number of hydrogen-bond acceptors (Lipinski definition) is 4. The Hall–Kier alpha value is -1.66. The van der Waals surface area contributed by atoms with Crippen LogP contribution in [0.1, 0.15) is 13.8 Å². The molecule has 6 heteroatoms. The van der Waals surface area contributed by atoms with Crippen molar-refractivity contribution in [3.63, 3.8) is 0 Å². The molecular weight excluding hydrogens is 275 g/mol. The van der Waals surface area contributed by atoms with Crippen molar-refractivity contribution in [3.05, 3.63) is 30.1 Å². The number of benzene rings is 1. The van der Waals surface area contributed by atoms with E-state index in [9.17, 15) is 14.3 Å². The van der Waals surface area contributed by atoms with Gasteiger partial charge in [0.05, 0.1) is 6.54 Å². The lowest BCUT2D eigenvalue weighted by Crippen LogP contribution is -2.42. The van der Waals surface area contributed by atoms with Gasteiger partial charge in [0.15, 0.2) is 0 Å². The third-order valence-electron chi connectivity index (χ3n) is 2.64. The van der Waals surface area contributed by atoms with E-state index in [2.05, 4.69) is 5.32 Å². The predicted molar refractivity (Wildman–Crippen MR) is 78.7 cm³/mol. The van der Waals surface area contributed by atoms with Crippen molar-refractivity contribution < 1.29 is 19.0 Å². The Morgan fingerprint density at radius 2 is 2.00 bits per heavy atom. The standard InChI is InChI=1S/C15H23FN2O3/c1-11(2)17-15(20)9-18(3)8-13(19)10-21-14-6-4-12(16)5-7-14/h4-7,11,13,19H,8-10H2,1-3H3,(H,17,20)/t13-/m0/s1. The van der Waals surface area contributed by atoms with Gasteiger partial charge < -0.3 is 15.2 Å². The summed E-state index contributed by atoms with van der Waals surface area (Å²) in [7, 11) is 1.75. The quantitative estimate of drug-likeness (QED) is 0.752. The van der Waals surface area contributed by atoms with Gasteiger partial charge in [-0.1, -0.05) is 0 Å². The molecule has 5 nitrogen and oxygen atoms in total. The van der Waals surface area contributed by atoms with Crippen LogP contribution in [0.4, 0.5) is 4.39 Å². The number of hydrogen-bond donors (Lipinski definition) is 2. The molecular formula is C15H23FN2O3. The maximum absolute atomic E-state index is 12.7. The second-order valence-corrected chi connectivity index (χ2v) is 5.34. The third kappa shape index (κ3) is 7.63. The van der Waals surface area contributed by atoms with E-state index in [-0.39, 0.29) is 30.9 Å². The number of aliphatic hydroxyl groups is 1. The highest BCUT2D eigenvalue weighted by Crippen LogP contribution is 2.11. The SMILES string of the molecule is CC(C)NC(=O)CN(C)C[C@H](O)COc1ccc(F)cc1. The van der Waals surface area contributed by atoms with Crippen LogP contribution in [0.5, 0.6) is 5.75 Å². The van der Waals surface area contributed by atoms with Crippen molar-refractivity contribution in [2.24, 2.45) is 0 Å². The van der Waals surface area contributed by atoms with Gasteiger partial charge in [0.2, 0.25) is 5.91 Å². The number of carbonyl (C=O) groups is 1.